The van der Waals surface area contributed by atoms with Gasteiger partial charge in [0.05, 0.1) is 33.4 Å². The van der Waals surface area contributed by atoms with Crippen LogP contribution in [-0.2, 0) is 27.3 Å². The SMILES string of the molecule is Cc1ccc(S(=O)(=O)n2cc3c4c2C(=O)C(N[C@H](CO[Si](C(C)C)(C(C)C)C(C)C)Cc2ccc(O)c(Br)c2)=CC4=NCC3)cc1. The first-order valence-electron chi connectivity index (χ1n) is 15.9. The van der Waals surface area contributed by atoms with E-state index >= 15 is 0 Å². The highest BCUT2D eigenvalue weighted by atomic mass is 79.9. The van der Waals surface area contributed by atoms with E-state index in [4.69, 9.17) is 9.42 Å². The summed E-state index contributed by atoms with van der Waals surface area (Å²) in [6.07, 6.45) is 4.42. The quantitative estimate of drug-likeness (QED) is 0.190. The first-order valence-corrected chi connectivity index (χ1v) is 20.3. The van der Waals surface area contributed by atoms with Crippen molar-refractivity contribution in [2.24, 2.45) is 4.99 Å². The summed E-state index contributed by atoms with van der Waals surface area (Å²) in [7, 11) is -6.30. The highest BCUT2D eigenvalue weighted by Gasteiger charge is 2.45. The lowest BCUT2D eigenvalue weighted by atomic mass is 9.92. The van der Waals surface area contributed by atoms with Crippen molar-refractivity contribution in [3.63, 3.8) is 0 Å². The maximum Gasteiger partial charge on any atom is 0.268 e. The number of Topliss-reactive ketones (excluding diaryl/α,β-unsaturated/α-hetero) is 1. The van der Waals surface area contributed by atoms with E-state index in [-0.39, 0.29) is 28.1 Å². The molecule has 1 aromatic heterocycles. The second-order valence-corrected chi connectivity index (χ2v) is 21.5. The number of halogens is 1. The van der Waals surface area contributed by atoms with Gasteiger partial charge in [-0.05, 0) is 93.8 Å². The average molecular weight is 727 g/mol. The van der Waals surface area contributed by atoms with Crippen molar-refractivity contribution in [1.82, 2.24) is 9.29 Å². The van der Waals surface area contributed by atoms with Crippen LogP contribution in [0.2, 0.25) is 16.6 Å². The third-order valence-corrected chi connectivity index (χ3v) is 17.8. The number of aryl methyl sites for hydroxylation is 1. The number of ketones is 1. The van der Waals surface area contributed by atoms with Gasteiger partial charge in [-0.2, -0.15) is 0 Å². The van der Waals surface area contributed by atoms with Crippen molar-refractivity contribution >= 4 is 45.8 Å². The van der Waals surface area contributed by atoms with Crippen LogP contribution in [0.15, 0.2) is 74.8 Å². The summed E-state index contributed by atoms with van der Waals surface area (Å²) in [5.74, 6) is -0.246. The Balaban J connectivity index is 1.54. The lowest BCUT2D eigenvalue weighted by Gasteiger charge is -2.43. The molecule has 3 aromatic rings. The van der Waals surface area contributed by atoms with Crippen molar-refractivity contribution in [2.75, 3.05) is 13.2 Å². The topological polar surface area (TPSA) is 110 Å². The number of nitrogens with zero attached hydrogens (tertiary/aromatic N) is 2. The molecular formula is C35H44BrN3O5SSi. The van der Waals surface area contributed by atoms with Crippen molar-refractivity contribution in [2.45, 2.75) is 88.9 Å². The molecule has 0 saturated heterocycles. The summed E-state index contributed by atoms with van der Waals surface area (Å²) >= 11 is 3.43. The zero-order valence-corrected chi connectivity index (χ0v) is 31.0. The number of carbonyl (C=O) groups excluding carboxylic acids is 1. The number of hydrogen-bond donors (Lipinski definition) is 2. The minimum atomic E-state index is -4.04. The number of phenolic OH excluding ortho intramolecular Hbond substituents is 1. The number of benzene rings is 2. The summed E-state index contributed by atoms with van der Waals surface area (Å²) in [4.78, 5) is 19.2. The molecule has 0 radical (unpaired) electrons. The van der Waals surface area contributed by atoms with Gasteiger partial charge in [-0.15, -0.1) is 0 Å². The first-order chi connectivity index (χ1) is 21.7. The third-order valence-electron chi connectivity index (χ3n) is 9.38. The van der Waals surface area contributed by atoms with Gasteiger partial charge < -0.3 is 14.8 Å². The zero-order chi connectivity index (χ0) is 33.6. The van der Waals surface area contributed by atoms with Crippen LogP contribution in [0.3, 0.4) is 0 Å². The van der Waals surface area contributed by atoms with Gasteiger partial charge in [-0.25, -0.2) is 12.4 Å². The van der Waals surface area contributed by atoms with Gasteiger partial charge in [0.25, 0.3) is 10.0 Å². The molecule has 1 atom stereocenters. The Kier molecular flexibility index (Phi) is 9.89. The summed E-state index contributed by atoms with van der Waals surface area (Å²) in [5, 5.41) is 13.6. The maximum atomic E-state index is 14.3. The average Bonchev–Trinajstić information content (AvgIpc) is 3.39. The maximum absolute atomic E-state index is 14.3. The van der Waals surface area contributed by atoms with Crippen molar-refractivity contribution in [1.29, 1.82) is 0 Å². The van der Waals surface area contributed by atoms with E-state index < -0.39 is 24.1 Å². The zero-order valence-electron chi connectivity index (χ0n) is 27.6. The largest absolute Gasteiger partial charge is 0.507 e. The number of aromatic nitrogens is 1. The van der Waals surface area contributed by atoms with Crippen LogP contribution in [0.1, 0.15) is 74.3 Å². The van der Waals surface area contributed by atoms with Gasteiger partial charge in [-0.1, -0.05) is 65.3 Å². The molecular weight excluding hydrogens is 682 g/mol. The van der Waals surface area contributed by atoms with Crippen molar-refractivity contribution < 1.29 is 22.7 Å². The monoisotopic (exact) mass is 725 g/mol. The number of aliphatic imine (C=N–C) groups is 1. The summed E-state index contributed by atoms with van der Waals surface area (Å²) in [6.45, 7) is 16.2. The highest BCUT2D eigenvalue weighted by molar-refractivity contribution is 9.10. The van der Waals surface area contributed by atoms with Gasteiger partial charge in [-0.3, -0.25) is 9.79 Å². The van der Waals surface area contributed by atoms with Crippen LogP contribution in [0.25, 0.3) is 0 Å². The van der Waals surface area contributed by atoms with Crippen LogP contribution in [0.5, 0.6) is 5.75 Å². The fourth-order valence-electron chi connectivity index (χ4n) is 7.24. The summed E-state index contributed by atoms with van der Waals surface area (Å²) in [5.41, 5.74) is 5.42. The number of aromatic hydroxyl groups is 1. The summed E-state index contributed by atoms with van der Waals surface area (Å²) in [6, 6.07) is 11.7. The summed E-state index contributed by atoms with van der Waals surface area (Å²) < 4.78 is 36.6. The molecule has 0 spiro atoms. The van der Waals surface area contributed by atoms with E-state index in [0.717, 1.165) is 20.7 Å². The molecule has 2 aliphatic rings. The van der Waals surface area contributed by atoms with Crippen LogP contribution >= 0.6 is 15.9 Å². The number of rotatable bonds is 12. The molecule has 2 N–H and O–H groups in total. The van der Waals surface area contributed by atoms with E-state index in [1.165, 1.54) is 0 Å². The highest BCUT2D eigenvalue weighted by Crippen LogP contribution is 2.42. The van der Waals surface area contributed by atoms with E-state index in [0.29, 0.717) is 58.4 Å². The molecule has 2 aromatic carbocycles. The normalized spacial score (nSPS) is 15.7. The fraction of sp³-hybridized carbons (Fsp3) is 0.429. The Morgan fingerprint density at radius 3 is 2.30 bits per heavy atom. The molecule has 0 amide bonds. The van der Waals surface area contributed by atoms with E-state index in [1.54, 1.807) is 42.6 Å². The minimum Gasteiger partial charge on any atom is -0.507 e. The first kappa shape index (κ1) is 34.3. The number of nitrogens with one attached hydrogen (secondary N) is 1. The standard InChI is InChI=1S/C35H44BrN3O5SSi/c1-21(2)46(22(3)4,23(5)6)44-20-27(16-25-10-13-32(40)29(36)17-25)38-31-18-30-33-26(14-15-37-30)19-39(34(33)35(31)41)45(42,43)28-11-8-24(7)9-12-28/h8-13,17-19,21-23,27,38,40H,14-16,20H2,1-7H3/t27-/m0/s1. The molecule has 2 heterocycles. The van der Waals surface area contributed by atoms with Crippen molar-refractivity contribution in [3.8, 4) is 5.75 Å². The Hall–Kier alpha value is -2.99. The van der Waals surface area contributed by atoms with E-state index in [9.17, 15) is 18.3 Å². The molecule has 0 bridgehead atoms. The van der Waals surface area contributed by atoms with Gasteiger partial charge in [0.1, 0.15) is 11.4 Å². The number of carbonyl (C=O) groups is 1. The minimum absolute atomic E-state index is 0.112. The Morgan fingerprint density at radius 2 is 1.70 bits per heavy atom. The second-order valence-electron chi connectivity index (χ2n) is 13.4. The van der Waals surface area contributed by atoms with Crippen LogP contribution in [-0.4, -0.2) is 56.5 Å². The second kappa shape index (κ2) is 13.3. The molecule has 0 unspecified atom stereocenters. The molecule has 0 saturated carbocycles. The molecule has 8 nitrogen and oxygen atoms in total. The lowest BCUT2D eigenvalue weighted by Crippen LogP contribution is -2.51. The van der Waals surface area contributed by atoms with E-state index in [2.05, 4.69) is 62.8 Å². The van der Waals surface area contributed by atoms with Gasteiger partial charge in [0.15, 0.2) is 8.32 Å². The number of phenols is 1. The Morgan fingerprint density at radius 1 is 1.04 bits per heavy atom. The van der Waals surface area contributed by atoms with Crippen LogP contribution in [0.4, 0.5) is 0 Å². The molecule has 1 aliphatic heterocycles. The molecule has 5 rings (SSSR count). The third kappa shape index (κ3) is 6.31. The molecule has 1 aliphatic carbocycles. The van der Waals surface area contributed by atoms with Gasteiger partial charge in [0, 0.05) is 18.3 Å². The number of hydrogen-bond acceptors (Lipinski definition) is 7. The lowest BCUT2D eigenvalue weighted by molar-refractivity contribution is 0.101. The van der Waals surface area contributed by atoms with Gasteiger partial charge in [0.2, 0.25) is 5.78 Å². The fourth-order valence-corrected chi connectivity index (χ4v) is 14.5. The van der Waals surface area contributed by atoms with Gasteiger partial charge >= 0.3 is 0 Å². The molecule has 46 heavy (non-hydrogen) atoms. The predicted molar refractivity (Wildman–Crippen MR) is 189 cm³/mol. The molecule has 11 heteroatoms. The molecule has 246 valence electrons. The molecule has 0 fully saturated rings. The van der Waals surface area contributed by atoms with E-state index in [1.807, 2.05) is 19.1 Å². The predicted octanol–water partition coefficient (Wildman–Crippen LogP) is 7.32. The Labute approximate surface area is 282 Å². The Bertz CT molecular complexity index is 1790. The smallest absolute Gasteiger partial charge is 0.268 e. The van der Waals surface area contributed by atoms with Crippen LogP contribution in [0, 0.1) is 6.92 Å². The van der Waals surface area contributed by atoms with Crippen molar-refractivity contribution in [3.05, 3.63) is 92.9 Å². The number of allylic oxidation sites excluding steroid dienone is 2. The van der Waals surface area contributed by atoms with Crippen LogP contribution < -0.4 is 5.32 Å².